The molecule has 5 atom stereocenters. The average molecular weight is 288 g/mol. The average Bonchev–Trinajstić information content (AvgIpc) is 2.98. The van der Waals surface area contributed by atoms with Crippen LogP contribution in [0.3, 0.4) is 0 Å². The van der Waals surface area contributed by atoms with Gasteiger partial charge in [-0.1, -0.05) is 6.58 Å². The Morgan fingerprint density at radius 3 is 2.50 bits per heavy atom. The van der Waals surface area contributed by atoms with Gasteiger partial charge >= 0.3 is 12.1 Å². The van der Waals surface area contributed by atoms with E-state index < -0.39 is 17.7 Å². The number of esters is 1. The number of rotatable bonds is 2. The molecule has 0 spiro atoms. The van der Waals surface area contributed by atoms with E-state index in [1.165, 1.54) is 12.8 Å². The van der Waals surface area contributed by atoms with Crippen LogP contribution in [0, 0.1) is 23.7 Å². The van der Waals surface area contributed by atoms with Gasteiger partial charge in [0.2, 0.25) is 0 Å². The molecule has 0 heterocycles. The number of ether oxygens (including phenoxy) is 1. The standard InChI is InChI=1S/C15H19F3O2/c1-8(15(16,17)18)14(19)20-12-4-2-3-11-9-5-6-10(7-9)13(11)12/h9-13H,1-7H2. The Balaban J connectivity index is 1.68. The first-order chi connectivity index (χ1) is 9.38. The van der Waals surface area contributed by atoms with Crippen molar-refractivity contribution in [2.24, 2.45) is 23.7 Å². The van der Waals surface area contributed by atoms with Gasteiger partial charge in [0.15, 0.2) is 0 Å². The van der Waals surface area contributed by atoms with Crippen molar-refractivity contribution in [2.75, 3.05) is 0 Å². The van der Waals surface area contributed by atoms with Crippen LogP contribution < -0.4 is 0 Å². The van der Waals surface area contributed by atoms with Crippen molar-refractivity contribution in [3.05, 3.63) is 12.2 Å². The molecule has 5 heteroatoms. The van der Waals surface area contributed by atoms with Crippen LogP contribution >= 0.6 is 0 Å². The zero-order valence-corrected chi connectivity index (χ0v) is 11.3. The predicted octanol–water partition coefficient (Wildman–Crippen LogP) is 3.86. The van der Waals surface area contributed by atoms with Crippen molar-refractivity contribution in [3.8, 4) is 0 Å². The van der Waals surface area contributed by atoms with E-state index in [1.807, 2.05) is 0 Å². The molecule has 2 nitrogen and oxygen atoms in total. The van der Waals surface area contributed by atoms with E-state index in [0.29, 0.717) is 24.2 Å². The van der Waals surface area contributed by atoms with Gasteiger partial charge in [-0.3, -0.25) is 0 Å². The molecule has 0 aromatic rings. The first kappa shape index (κ1) is 14.0. The highest BCUT2D eigenvalue weighted by Crippen LogP contribution is 2.58. The van der Waals surface area contributed by atoms with Gasteiger partial charge in [0.05, 0.1) is 0 Å². The second-order valence-corrected chi connectivity index (χ2v) is 6.43. The zero-order chi connectivity index (χ0) is 14.5. The van der Waals surface area contributed by atoms with Crippen molar-refractivity contribution in [3.63, 3.8) is 0 Å². The summed E-state index contributed by atoms with van der Waals surface area (Å²) in [5.41, 5.74) is -1.39. The van der Waals surface area contributed by atoms with Crippen LogP contribution in [0.4, 0.5) is 13.2 Å². The van der Waals surface area contributed by atoms with Crippen LogP contribution in [0.25, 0.3) is 0 Å². The summed E-state index contributed by atoms with van der Waals surface area (Å²) in [4.78, 5) is 11.6. The molecular weight excluding hydrogens is 269 g/mol. The number of alkyl halides is 3. The van der Waals surface area contributed by atoms with Crippen molar-refractivity contribution in [1.82, 2.24) is 0 Å². The topological polar surface area (TPSA) is 26.3 Å². The number of carbonyl (C=O) groups excluding carboxylic acids is 1. The van der Waals surface area contributed by atoms with Gasteiger partial charge in [-0.15, -0.1) is 0 Å². The molecule has 0 aromatic carbocycles. The minimum absolute atomic E-state index is 0.285. The second kappa shape index (κ2) is 4.78. The Morgan fingerprint density at radius 1 is 1.10 bits per heavy atom. The molecule has 0 N–H and O–H groups in total. The maximum atomic E-state index is 12.5. The van der Waals surface area contributed by atoms with E-state index in [2.05, 4.69) is 6.58 Å². The van der Waals surface area contributed by atoms with Crippen LogP contribution in [-0.2, 0) is 9.53 Å². The van der Waals surface area contributed by atoms with Crippen molar-refractivity contribution in [1.29, 1.82) is 0 Å². The number of fused-ring (bicyclic) bond motifs is 5. The monoisotopic (exact) mass is 288 g/mol. The van der Waals surface area contributed by atoms with Gasteiger partial charge in [0.1, 0.15) is 11.7 Å². The summed E-state index contributed by atoms with van der Waals surface area (Å²) in [5.74, 6) is 0.803. The highest BCUT2D eigenvalue weighted by Gasteiger charge is 2.53. The van der Waals surface area contributed by atoms with E-state index in [1.54, 1.807) is 0 Å². The van der Waals surface area contributed by atoms with Gasteiger partial charge in [-0.2, -0.15) is 13.2 Å². The summed E-state index contributed by atoms with van der Waals surface area (Å²) in [6.07, 6.45) is 1.30. The van der Waals surface area contributed by atoms with Gasteiger partial charge in [-0.25, -0.2) is 4.79 Å². The largest absolute Gasteiger partial charge is 0.458 e. The first-order valence-corrected chi connectivity index (χ1v) is 7.35. The number of halogens is 3. The van der Waals surface area contributed by atoms with Crippen molar-refractivity contribution < 1.29 is 22.7 Å². The molecule has 20 heavy (non-hydrogen) atoms. The van der Waals surface area contributed by atoms with E-state index in [-0.39, 0.29) is 12.0 Å². The van der Waals surface area contributed by atoms with Crippen molar-refractivity contribution in [2.45, 2.75) is 50.8 Å². The molecule has 3 fully saturated rings. The molecule has 3 rings (SSSR count). The first-order valence-electron chi connectivity index (χ1n) is 7.35. The Labute approximate surface area is 116 Å². The van der Waals surface area contributed by atoms with Crippen LogP contribution in [0.5, 0.6) is 0 Å². The lowest BCUT2D eigenvalue weighted by Gasteiger charge is -2.40. The highest BCUT2D eigenvalue weighted by molar-refractivity contribution is 5.89. The fourth-order valence-electron chi connectivity index (χ4n) is 4.67. The lowest BCUT2D eigenvalue weighted by molar-refractivity contribution is -0.162. The molecule has 0 aliphatic heterocycles. The van der Waals surface area contributed by atoms with Crippen LogP contribution in [0.15, 0.2) is 12.2 Å². The van der Waals surface area contributed by atoms with Crippen molar-refractivity contribution >= 4 is 5.97 Å². The van der Waals surface area contributed by atoms with E-state index in [4.69, 9.17) is 4.74 Å². The molecule has 112 valence electrons. The Bertz CT molecular complexity index is 429. The summed E-state index contributed by atoms with van der Waals surface area (Å²) in [7, 11) is 0. The third-order valence-corrected chi connectivity index (χ3v) is 5.46. The van der Waals surface area contributed by atoms with Gasteiger partial charge in [-0.05, 0) is 56.3 Å². The van der Waals surface area contributed by atoms with Gasteiger partial charge in [0.25, 0.3) is 0 Å². The maximum Gasteiger partial charge on any atom is 0.422 e. The molecule has 0 aromatic heterocycles. The van der Waals surface area contributed by atoms with E-state index in [9.17, 15) is 18.0 Å². The summed E-state index contributed by atoms with van der Waals surface area (Å²) in [6, 6.07) is 0. The zero-order valence-electron chi connectivity index (χ0n) is 11.3. The molecule has 3 saturated carbocycles. The fourth-order valence-corrected chi connectivity index (χ4v) is 4.67. The maximum absolute atomic E-state index is 12.5. The Hall–Kier alpha value is -1.00. The Morgan fingerprint density at radius 2 is 1.80 bits per heavy atom. The summed E-state index contributed by atoms with van der Waals surface area (Å²) in [6.45, 7) is 2.83. The third-order valence-electron chi connectivity index (χ3n) is 5.46. The lowest BCUT2D eigenvalue weighted by Crippen LogP contribution is -2.40. The predicted molar refractivity (Wildman–Crippen MR) is 66.7 cm³/mol. The molecular formula is C15H19F3O2. The summed E-state index contributed by atoms with van der Waals surface area (Å²) < 4.78 is 42.6. The molecule has 0 saturated heterocycles. The summed E-state index contributed by atoms with van der Waals surface area (Å²) in [5, 5.41) is 0. The third kappa shape index (κ3) is 2.25. The molecule has 5 unspecified atom stereocenters. The highest BCUT2D eigenvalue weighted by atomic mass is 19.4. The minimum Gasteiger partial charge on any atom is -0.458 e. The molecule has 3 aliphatic rings. The molecule has 2 bridgehead atoms. The van der Waals surface area contributed by atoms with Crippen LogP contribution in [0.2, 0.25) is 0 Å². The smallest absolute Gasteiger partial charge is 0.422 e. The minimum atomic E-state index is -4.69. The van der Waals surface area contributed by atoms with Crippen LogP contribution in [-0.4, -0.2) is 18.2 Å². The second-order valence-electron chi connectivity index (χ2n) is 6.43. The van der Waals surface area contributed by atoms with Gasteiger partial charge < -0.3 is 4.74 Å². The van der Waals surface area contributed by atoms with Crippen LogP contribution in [0.1, 0.15) is 38.5 Å². The van der Waals surface area contributed by atoms with E-state index in [0.717, 1.165) is 19.3 Å². The molecule has 0 amide bonds. The summed E-state index contributed by atoms with van der Waals surface area (Å²) >= 11 is 0. The number of hydrogen-bond donors (Lipinski definition) is 0. The quantitative estimate of drug-likeness (QED) is 0.569. The number of carbonyl (C=O) groups is 1. The fraction of sp³-hybridized carbons (Fsp3) is 0.800. The normalized spacial score (nSPS) is 39.5. The number of hydrogen-bond acceptors (Lipinski definition) is 2. The SMILES string of the molecule is C=C(C(=O)OC1CCCC2C3CCC(C3)C12)C(F)(F)F. The van der Waals surface area contributed by atoms with E-state index >= 15 is 0 Å². The Kier molecular flexibility index (Phi) is 3.33. The lowest BCUT2D eigenvalue weighted by atomic mass is 9.69. The molecule has 0 radical (unpaired) electrons. The molecule has 3 aliphatic carbocycles. The van der Waals surface area contributed by atoms with Gasteiger partial charge in [0, 0.05) is 5.92 Å².